The predicted molar refractivity (Wildman–Crippen MR) is 149 cm³/mol. The summed E-state index contributed by atoms with van der Waals surface area (Å²) in [5.74, 6) is -0.542. The number of carbonyl (C=O) groups excluding carboxylic acids is 3. The lowest BCUT2D eigenvalue weighted by atomic mass is 9.88. The summed E-state index contributed by atoms with van der Waals surface area (Å²) in [5.41, 5.74) is 2.42. The highest BCUT2D eigenvalue weighted by Gasteiger charge is 2.30. The largest absolute Gasteiger partial charge is 0.495 e. The molecule has 3 amide bonds. The summed E-state index contributed by atoms with van der Waals surface area (Å²) in [6.07, 6.45) is 1.85. The molecule has 41 heavy (non-hydrogen) atoms. The lowest BCUT2D eigenvalue weighted by molar-refractivity contribution is -0.133. The van der Waals surface area contributed by atoms with Crippen molar-refractivity contribution in [2.45, 2.75) is 83.6 Å². The maximum Gasteiger partial charge on any atom is 0.410 e. The molecular formula is C29H39FN6O5. The Morgan fingerprint density at radius 2 is 1.88 bits per heavy atom. The molecule has 0 aliphatic carbocycles. The van der Waals surface area contributed by atoms with Gasteiger partial charge in [0.25, 0.3) is 0 Å². The van der Waals surface area contributed by atoms with Crippen molar-refractivity contribution in [2.24, 2.45) is 0 Å². The lowest BCUT2D eigenvalue weighted by Crippen LogP contribution is -2.47. The minimum Gasteiger partial charge on any atom is -0.495 e. The smallest absolute Gasteiger partial charge is 0.410 e. The summed E-state index contributed by atoms with van der Waals surface area (Å²) in [4.78, 5) is 40.1. The number of methoxy groups -OCH3 is 1. The molecule has 4 heterocycles. The number of amides is 3. The van der Waals surface area contributed by atoms with Gasteiger partial charge in [0, 0.05) is 25.6 Å². The van der Waals surface area contributed by atoms with Crippen molar-refractivity contribution in [2.75, 3.05) is 32.1 Å². The molecule has 2 fully saturated rings. The Morgan fingerprint density at radius 3 is 2.56 bits per heavy atom. The van der Waals surface area contributed by atoms with E-state index in [0.29, 0.717) is 49.6 Å². The number of nitrogens with one attached hydrogen (secondary N) is 2. The van der Waals surface area contributed by atoms with E-state index >= 15 is 4.39 Å². The number of ether oxygens (including phenoxy) is 2. The van der Waals surface area contributed by atoms with Crippen molar-refractivity contribution in [3.05, 3.63) is 41.0 Å². The van der Waals surface area contributed by atoms with Crippen LogP contribution in [0, 0.1) is 5.82 Å². The average Bonchev–Trinajstić information content (AvgIpc) is 3.31. The van der Waals surface area contributed by atoms with Crippen LogP contribution < -0.4 is 15.4 Å². The Morgan fingerprint density at radius 1 is 1.12 bits per heavy atom. The predicted octanol–water partition coefficient (Wildman–Crippen LogP) is 3.38. The highest BCUT2D eigenvalue weighted by molar-refractivity contribution is 6.01. The van der Waals surface area contributed by atoms with Gasteiger partial charge in [0.2, 0.25) is 11.8 Å². The van der Waals surface area contributed by atoms with Crippen LogP contribution >= 0.6 is 0 Å². The number of piperidine rings is 2. The third kappa shape index (κ3) is 6.80. The van der Waals surface area contributed by atoms with Crippen molar-refractivity contribution >= 4 is 23.6 Å². The molecule has 5 rings (SSSR count). The molecule has 12 heteroatoms. The highest BCUT2D eigenvalue weighted by Crippen LogP contribution is 2.37. The summed E-state index contributed by atoms with van der Waals surface area (Å²) >= 11 is 0. The van der Waals surface area contributed by atoms with Gasteiger partial charge in [0.05, 0.1) is 37.3 Å². The molecule has 0 spiro atoms. The van der Waals surface area contributed by atoms with Crippen LogP contribution in [-0.4, -0.2) is 75.9 Å². The van der Waals surface area contributed by atoms with E-state index in [0.717, 1.165) is 37.3 Å². The Kier molecular flexibility index (Phi) is 8.21. The van der Waals surface area contributed by atoms with E-state index in [1.807, 2.05) is 25.5 Å². The first-order chi connectivity index (χ1) is 19.5. The molecule has 2 N–H and O–H groups in total. The number of halogens is 1. The number of likely N-dealkylation sites (tertiary alicyclic amines) is 1. The van der Waals surface area contributed by atoms with E-state index in [2.05, 4.69) is 21.6 Å². The molecule has 0 saturated carbocycles. The van der Waals surface area contributed by atoms with Gasteiger partial charge >= 0.3 is 6.09 Å². The fourth-order valence-electron chi connectivity index (χ4n) is 5.70. The van der Waals surface area contributed by atoms with Crippen LogP contribution in [-0.2, 0) is 34.0 Å². The average molecular weight is 571 g/mol. The Bertz CT molecular complexity index is 1310. The molecule has 3 aliphatic heterocycles. The number of fused-ring (bicyclic) bond motifs is 1. The number of aromatic nitrogens is 2. The van der Waals surface area contributed by atoms with Crippen LogP contribution in [0.3, 0.4) is 0 Å². The molecule has 11 nitrogen and oxygen atoms in total. The summed E-state index contributed by atoms with van der Waals surface area (Å²) in [6.45, 7) is 9.55. The second-order valence-corrected chi connectivity index (χ2v) is 12.0. The van der Waals surface area contributed by atoms with Crippen LogP contribution in [0.25, 0.3) is 0 Å². The molecule has 0 radical (unpaired) electrons. The number of nitrogens with zero attached hydrogens (tertiary/aromatic N) is 4. The lowest BCUT2D eigenvalue weighted by Gasteiger charge is -2.32. The minimum absolute atomic E-state index is 0.0439. The molecule has 0 bridgehead atoms. The number of hydrogen-bond acceptors (Lipinski definition) is 8. The SMILES string of the molecule is COc1cc(C2CCN(Cc3cc4n(n3)CCN(C(=O)OC(C)(C)C)C4)CC2)c(F)cc1NC1CCC(=O)NC1=O. The number of benzene rings is 1. The van der Waals surface area contributed by atoms with Gasteiger partial charge in [-0.05, 0) is 76.7 Å². The Labute approximate surface area is 239 Å². The van der Waals surface area contributed by atoms with Crippen molar-refractivity contribution < 1.29 is 28.2 Å². The molecule has 3 aliphatic rings. The number of hydrogen-bond donors (Lipinski definition) is 2. The van der Waals surface area contributed by atoms with Crippen LogP contribution in [0.2, 0.25) is 0 Å². The number of carbonyl (C=O) groups is 3. The third-order valence-electron chi connectivity index (χ3n) is 7.80. The maximum atomic E-state index is 15.3. The summed E-state index contributed by atoms with van der Waals surface area (Å²) in [6, 6.07) is 4.55. The van der Waals surface area contributed by atoms with E-state index in [1.165, 1.54) is 13.2 Å². The normalized spacial score (nSPS) is 20.4. The summed E-state index contributed by atoms with van der Waals surface area (Å²) in [7, 11) is 1.52. The van der Waals surface area contributed by atoms with E-state index in [4.69, 9.17) is 14.6 Å². The maximum absolute atomic E-state index is 15.3. The zero-order valence-corrected chi connectivity index (χ0v) is 24.2. The van der Waals surface area contributed by atoms with Crippen molar-refractivity contribution in [3.63, 3.8) is 0 Å². The van der Waals surface area contributed by atoms with Crippen LogP contribution in [0.5, 0.6) is 5.75 Å². The van der Waals surface area contributed by atoms with Gasteiger partial charge in [-0.15, -0.1) is 0 Å². The van der Waals surface area contributed by atoms with Crippen molar-refractivity contribution in [1.29, 1.82) is 0 Å². The second kappa shape index (κ2) is 11.7. The van der Waals surface area contributed by atoms with Crippen LogP contribution in [0.4, 0.5) is 14.9 Å². The molecule has 2 saturated heterocycles. The molecule has 1 aromatic heterocycles. The standard InChI is InChI=1S/C29H39FN6O5/c1-29(2,3)41-28(39)35-11-12-36-20(17-35)13-19(33-36)16-34-9-7-18(8-10-34)21-14-25(40-4)24(15-22(21)30)31-23-5-6-26(37)32-27(23)38/h13-15,18,23,31H,5-12,16-17H2,1-4H3,(H,32,37,38). The van der Waals surface area contributed by atoms with Crippen LogP contribution in [0.1, 0.15) is 69.3 Å². The minimum atomic E-state index is -0.621. The van der Waals surface area contributed by atoms with E-state index in [1.54, 1.807) is 11.0 Å². The van der Waals surface area contributed by atoms with Gasteiger partial charge in [0.15, 0.2) is 0 Å². The first kappa shape index (κ1) is 28.8. The second-order valence-electron chi connectivity index (χ2n) is 12.0. The zero-order chi connectivity index (χ0) is 29.3. The topological polar surface area (TPSA) is 118 Å². The van der Waals surface area contributed by atoms with E-state index in [9.17, 15) is 14.4 Å². The number of anilines is 1. The van der Waals surface area contributed by atoms with E-state index < -0.39 is 17.6 Å². The molecule has 2 aromatic rings. The zero-order valence-electron chi connectivity index (χ0n) is 24.2. The summed E-state index contributed by atoms with van der Waals surface area (Å²) < 4.78 is 28.3. The monoisotopic (exact) mass is 570 g/mol. The van der Waals surface area contributed by atoms with Gasteiger partial charge in [0.1, 0.15) is 23.2 Å². The first-order valence-electron chi connectivity index (χ1n) is 14.2. The fourth-order valence-corrected chi connectivity index (χ4v) is 5.70. The quantitative estimate of drug-likeness (QED) is 0.508. The van der Waals surface area contributed by atoms with Crippen LogP contribution in [0.15, 0.2) is 18.2 Å². The third-order valence-corrected chi connectivity index (χ3v) is 7.80. The fraction of sp³-hybridized carbons (Fsp3) is 0.586. The van der Waals surface area contributed by atoms with Crippen molar-refractivity contribution in [1.82, 2.24) is 24.9 Å². The summed E-state index contributed by atoms with van der Waals surface area (Å²) in [5, 5.41) is 10.1. The molecule has 222 valence electrons. The first-order valence-corrected chi connectivity index (χ1v) is 14.2. The Hall–Kier alpha value is -3.67. The molecule has 1 aromatic carbocycles. The molecule has 1 atom stereocenters. The van der Waals surface area contributed by atoms with Gasteiger partial charge < -0.3 is 19.7 Å². The van der Waals surface area contributed by atoms with Gasteiger partial charge in [-0.1, -0.05) is 0 Å². The van der Waals surface area contributed by atoms with Gasteiger partial charge in [-0.2, -0.15) is 5.10 Å². The Balaban J connectivity index is 1.17. The molecular weight excluding hydrogens is 531 g/mol. The van der Waals surface area contributed by atoms with Gasteiger partial charge in [-0.25, -0.2) is 9.18 Å². The number of rotatable bonds is 6. The number of imide groups is 1. The molecule has 1 unspecified atom stereocenters. The van der Waals surface area contributed by atoms with Crippen molar-refractivity contribution in [3.8, 4) is 5.75 Å². The van der Waals surface area contributed by atoms with Gasteiger partial charge in [-0.3, -0.25) is 24.5 Å². The van der Waals surface area contributed by atoms with E-state index in [-0.39, 0.29) is 30.2 Å². The highest BCUT2D eigenvalue weighted by atomic mass is 19.1.